The van der Waals surface area contributed by atoms with Gasteiger partial charge in [-0.1, -0.05) is 55.3 Å². The number of hydrogen-bond donors (Lipinski definition) is 0. The summed E-state index contributed by atoms with van der Waals surface area (Å²) in [6.07, 6.45) is 6.93. The van der Waals surface area contributed by atoms with Crippen LogP contribution in [0.15, 0.2) is 48.0 Å². The fourth-order valence-corrected chi connectivity index (χ4v) is 4.99. The molecule has 2 aromatic carbocycles. The number of amides is 1. The average Bonchev–Trinajstić information content (AvgIpc) is 2.91. The van der Waals surface area contributed by atoms with Gasteiger partial charge in [-0.2, -0.15) is 0 Å². The van der Waals surface area contributed by atoms with Gasteiger partial charge in [0.1, 0.15) is 0 Å². The van der Waals surface area contributed by atoms with Crippen molar-refractivity contribution >= 4 is 12.0 Å². The zero-order chi connectivity index (χ0) is 25.9. The number of rotatable bonds is 12. The minimum Gasteiger partial charge on any atom is -0.493 e. The Hall–Kier alpha value is -2.99. The van der Waals surface area contributed by atoms with E-state index >= 15 is 0 Å². The summed E-state index contributed by atoms with van der Waals surface area (Å²) in [6.45, 7) is 8.95. The average molecular weight is 495 g/mol. The highest BCUT2D eigenvalue weighted by atomic mass is 16.5. The van der Waals surface area contributed by atoms with Crippen molar-refractivity contribution in [1.82, 2.24) is 9.80 Å². The van der Waals surface area contributed by atoms with Gasteiger partial charge in [0.25, 0.3) is 5.91 Å². The maximum absolute atomic E-state index is 13.8. The monoisotopic (exact) mass is 494 g/mol. The zero-order valence-electron chi connectivity index (χ0n) is 22.6. The van der Waals surface area contributed by atoms with Crippen molar-refractivity contribution in [2.24, 2.45) is 5.92 Å². The number of nitrogens with zero attached hydrogens (tertiary/aromatic N) is 2. The maximum Gasteiger partial charge on any atom is 0.254 e. The molecule has 1 saturated heterocycles. The predicted molar refractivity (Wildman–Crippen MR) is 146 cm³/mol. The molecule has 1 fully saturated rings. The molecule has 6 heteroatoms. The number of carbonyl (C=O) groups excluding carboxylic acids is 1. The van der Waals surface area contributed by atoms with Crippen molar-refractivity contribution in [2.75, 3.05) is 54.1 Å². The standard InChI is InChI=1S/C30H42N2O4/c1-6-24-14-10-15-31(22-24)16-11-17-32(21-23(2)18-25-12-8-7-9-13-25)30(33)26-19-27(34-3)29(36-5)28(20-26)35-4/h7-9,12-13,18-20,24H,6,10-11,14-17,21-22H2,1-5H3. The molecule has 6 nitrogen and oxygen atoms in total. The van der Waals surface area contributed by atoms with Crippen molar-refractivity contribution in [3.05, 3.63) is 59.2 Å². The third-order valence-electron chi connectivity index (χ3n) is 6.93. The number of piperidine rings is 1. The predicted octanol–water partition coefficient (Wildman–Crippen LogP) is 5.77. The molecule has 1 aliphatic heterocycles. The Morgan fingerprint density at radius 3 is 2.39 bits per heavy atom. The quantitative estimate of drug-likeness (QED) is 0.375. The summed E-state index contributed by atoms with van der Waals surface area (Å²) in [4.78, 5) is 18.3. The van der Waals surface area contributed by atoms with Gasteiger partial charge in [0, 0.05) is 25.2 Å². The normalized spacial score (nSPS) is 16.5. The first-order chi connectivity index (χ1) is 17.5. The van der Waals surface area contributed by atoms with E-state index in [2.05, 4.69) is 37.0 Å². The second-order valence-corrected chi connectivity index (χ2v) is 9.61. The summed E-state index contributed by atoms with van der Waals surface area (Å²) in [5, 5.41) is 0. The van der Waals surface area contributed by atoms with E-state index < -0.39 is 0 Å². The van der Waals surface area contributed by atoms with Gasteiger partial charge in [-0.05, 0) is 62.9 Å². The topological polar surface area (TPSA) is 51.2 Å². The van der Waals surface area contributed by atoms with Crippen LogP contribution in [-0.4, -0.2) is 69.8 Å². The van der Waals surface area contributed by atoms with Crippen molar-refractivity contribution in [3.8, 4) is 17.2 Å². The second kappa shape index (κ2) is 13.9. The molecular weight excluding hydrogens is 452 g/mol. The molecule has 36 heavy (non-hydrogen) atoms. The van der Waals surface area contributed by atoms with Crippen LogP contribution in [-0.2, 0) is 0 Å². The Kier molecular flexibility index (Phi) is 10.7. The van der Waals surface area contributed by atoms with Gasteiger partial charge in [-0.25, -0.2) is 0 Å². The van der Waals surface area contributed by atoms with Crippen molar-refractivity contribution < 1.29 is 19.0 Å². The highest BCUT2D eigenvalue weighted by Crippen LogP contribution is 2.38. The molecule has 1 atom stereocenters. The van der Waals surface area contributed by atoms with Gasteiger partial charge < -0.3 is 24.0 Å². The van der Waals surface area contributed by atoms with Crippen LogP contribution < -0.4 is 14.2 Å². The molecule has 0 bridgehead atoms. The van der Waals surface area contributed by atoms with E-state index in [0.717, 1.165) is 36.6 Å². The Balaban J connectivity index is 1.79. The second-order valence-electron chi connectivity index (χ2n) is 9.61. The molecule has 1 aliphatic rings. The van der Waals surface area contributed by atoms with E-state index in [1.807, 2.05) is 23.1 Å². The minimum absolute atomic E-state index is 0.0415. The number of ether oxygens (including phenoxy) is 3. The van der Waals surface area contributed by atoms with E-state index in [-0.39, 0.29) is 5.91 Å². The summed E-state index contributed by atoms with van der Waals surface area (Å²) < 4.78 is 16.4. The lowest BCUT2D eigenvalue weighted by Crippen LogP contribution is -2.39. The molecule has 2 aromatic rings. The summed E-state index contributed by atoms with van der Waals surface area (Å²) >= 11 is 0. The lowest BCUT2D eigenvalue weighted by molar-refractivity contribution is 0.0757. The fraction of sp³-hybridized carbons (Fsp3) is 0.500. The van der Waals surface area contributed by atoms with Gasteiger partial charge in [-0.3, -0.25) is 4.79 Å². The summed E-state index contributed by atoms with van der Waals surface area (Å²) in [7, 11) is 4.70. The first-order valence-corrected chi connectivity index (χ1v) is 13.0. The number of methoxy groups -OCH3 is 3. The van der Waals surface area contributed by atoms with Crippen LogP contribution in [0.2, 0.25) is 0 Å². The highest BCUT2D eigenvalue weighted by Gasteiger charge is 2.23. The van der Waals surface area contributed by atoms with Gasteiger partial charge in [-0.15, -0.1) is 0 Å². The van der Waals surface area contributed by atoms with Gasteiger partial charge in [0.15, 0.2) is 11.5 Å². The third-order valence-corrected chi connectivity index (χ3v) is 6.93. The van der Waals surface area contributed by atoms with Crippen LogP contribution in [0.1, 0.15) is 55.5 Å². The first kappa shape index (κ1) is 27.6. The van der Waals surface area contributed by atoms with E-state index in [0.29, 0.717) is 35.9 Å². The van der Waals surface area contributed by atoms with Crippen LogP contribution in [0, 0.1) is 5.92 Å². The Morgan fingerprint density at radius 2 is 1.78 bits per heavy atom. The van der Waals surface area contributed by atoms with Crippen LogP contribution in [0.4, 0.5) is 0 Å². The van der Waals surface area contributed by atoms with Gasteiger partial charge in [0.2, 0.25) is 5.75 Å². The maximum atomic E-state index is 13.8. The van der Waals surface area contributed by atoms with Crippen LogP contribution in [0.5, 0.6) is 17.2 Å². The molecule has 3 rings (SSSR count). The van der Waals surface area contributed by atoms with Gasteiger partial charge >= 0.3 is 0 Å². The lowest BCUT2D eigenvalue weighted by Gasteiger charge is -2.33. The minimum atomic E-state index is -0.0415. The Labute approximate surface area is 216 Å². The molecule has 0 aliphatic carbocycles. The molecule has 1 amide bonds. The van der Waals surface area contributed by atoms with E-state index in [1.54, 1.807) is 33.5 Å². The number of hydrogen-bond acceptors (Lipinski definition) is 5. The van der Waals surface area contributed by atoms with Crippen LogP contribution in [0.3, 0.4) is 0 Å². The lowest BCUT2D eigenvalue weighted by atomic mass is 9.95. The molecule has 0 saturated carbocycles. The molecule has 0 spiro atoms. The Morgan fingerprint density at radius 1 is 1.08 bits per heavy atom. The SMILES string of the molecule is CCC1CCCN(CCCN(CC(C)=Cc2ccccc2)C(=O)c2cc(OC)c(OC)c(OC)c2)C1. The molecule has 0 radical (unpaired) electrons. The molecule has 196 valence electrons. The highest BCUT2D eigenvalue weighted by molar-refractivity contribution is 5.96. The summed E-state index contributed by atoms with van der Waals surface area (Å²) in [5.74, 6) is 2.21. The third kappa shape index (κ3) is 7.50. The molecule has 1 unspecified atom stereocenters. The number of likely N-dealkylation sites (tertiary alicyclic amines) is 1. The summed E-state index contributed by atoms with van der Waals surface area (Å²) in [6, 6.07) is 13.7. The van der Waals surface area contributed by atoms with E-state index in [4.69, 9.17) is 14.2 Å². The number of carbonyl (C=O) groups is 1. The number of benzene rings is 2. The van der Waals surface area contributed by atoms with E-state index in [9.17, 15) is 4.79 Å². The fourth-order valence-electron chi connectivity index (χ4n) is 4.99. The molecule has 0 N–H and O–H groups in total. The molecular formula is C30H42N2O4. The van der Waals surface area contributed by atoms with Crippen molar-refractivity contribution in [2.45, 2.75) is 39.5 Å². The van der Waals surface area contributed by atoms with Gasteiger partial charge in [0.05, 0.1) is 21.3 Å². The van der Waals surface area contributed by atoms with E-state index in [1.165, 1.54) is 25.8 Å². The van der Waals surface area contributed by atoms with Crippen molar-refractivity contribution in [3.63, 3.8) is 0 Å². The Bertz CT molecular complexity index is 980. The van der Waals surface area contributed by atoms with Crippen molar-refractivity contribution in [1.29, 1.82) is 0 Å². The van der Waals surface area contributed by atoms with Crippen LogP contribution in [0.25, 0.3) is 6.08 Å². The summed E-state index contributed by atoms with van der Waals surface area (Å²) in [5.41, 5.74) is 2.79. The molecule has 0 aromatic heterocycles. The van der Waals surface area contributed by atoms with Crippen LogP contribution >= 0.6 is 0 Å². The largest absolute Gasteiger partial charge is 0.493 e. The first-order valence-electron chi connectivity index (χ1n) is 13.0. The zero-order valence-corrected chi connectivity index (χ0v) is 22.6. The smallest absolute Gasteiger partial charge is 0.254 e. The molecule has 1 heterocycles.